The zero-order chi connectivity index (χ0) is 32.7. The van der Waals surface area contributed by atoms with Gasteiger partial charge in [-0.1, -0.05) is 97.8 Å². The minimum Gasteiger partial charge on any atom is -0.352 e. The van der Waals surface area contributed by atoms with Crippen LogP contribution in [0.15, 0.2) is 108 Å². The third kappa shape index (κ3) is 7.68. The summed E-state index contributed by atoms with van der Waals surface area (Å²) < 4.78 is 29.7. The molecule has 5 rings (SSSR count). The highest BCUT2D eigenvalue weighted by Crippen LogP contribution is 2.29. The average Bonchev–Trinajstić information content (AvgIpc) is 3.57. The number of anilines is 1. The molecular formula is C38H43N3O4S. The van der Waals surface area contributed by atoms with Crippen LogP contribution in [0.1, 0.15) is 53.5 Å². The average molecular weight is 638 g/mol. The maximum absolute atomic E-state index is 14.7. The summed E-state index contributed by atoms with van der Waals surface area (Å²) in [6, 6.07) is 30.3. The van der Waals surface area contributed by atoms with Crippen LogP contribution in [0.2, 0.25) is 0 Å². The van der Waals surface area contributed by atoms with E-state index < -0.39 is 28.5 Å². The Kier molecular flexibility index (Phi) is 10.6. The Labute approximate surface area is 273 Å². The van der Waals surface area contributed by atoms with Crippen LogP contribution in [0, 0.1) is 20.8 Å². The molecule has 8 heteroatoms. The Morgan fingerprint density at radius 2 is 1.39 bits per heavy atom. The van der Waals surface area contributed by atoms with E-state index in [0.717, 1.165) is 53.5 Å². The van der Waals surface area contributed by atoms with Gasteiger partial charge in [0.1, 0.15) is 12.6 Å². The number of carbonyl (C=O) groups is 2. The first-order valence-electron chi connectivity index (χ1n) is 16.0. The molecule has 1 fully saturated rings. The van der Waals surface area contributed by atoms with Crippen LogP contribution >= 0.6 is 0 Å². The van der Waals surface area contributed by atoms with Gasteiger partial charge in [-0.3, -0.25) is 13.9 Å². The first-order chi connectivity index (χ1) is 22.1. The lowest BCUT2D eigenvalue weighted by Gasteiger charge is -2.35. The highest BCUT2D eigenvalue weighted by Gasteiger charge is 2.36. The molecule has 240 valence electrons. The molecule has 2 amide bonds. The molecule has 1 aliphatic carbocycles. The van der Waals surface area contributed by atoms with E-state index in [0.29, 0.717) is 12.1 Å². The second kappa shape index (κ2) is 14.8. The van der Waals surface area contributed by atoms with E-state index in [2.05, 4.69) is 5.32 Å². The predicted octanol–water partition coefficient (Wildman–Crippen LogP) is 6.51. The summed E-state index contributed by atoms with van der Waals surface area (Å²) in [4.78, 5) is 30.6. The molecule has 1 atom stereocenters. The van der Waals surface area contributed by atoms with Gasteiger partial charge in [0.2, 0.25) is 11.8 Å². The number of sulfonamides is 1. The van der Waals surface area contributed by atoms with Gasteiger partial charge in [0, 0.05) is 19.0 Å². The Morgan fingerprint density at radius 1 is 0.783 bits per heavy atom. The second-order valence-corrected chi connectivity index (χ2v) is 14.0. The number of hydrogen-bond donors (Lipinski definition) is 1. The molecule has 4 aromatic carbocycles. The summed E-state index contributed by atoms with van der Waals surface area (Å²) in [5.74, 6) is -0.673. The highest BCUT2D eigenvalue weighted by molar-refractivity contribution is 7.92. The molecule has 7 nitrogen and oxygen atoms in total. The Balaban J connectivity index is 1.59. The summed E-state index contributed by atoms with van der Waals surface area (Å²) >= 11 is 0. The van der Waals surface area contributed by atoms with E-state index in [-0.39, 0.29) is 23.4 Å². The van der Waals surface area contributed by atoms with E-state index in [1.807, 2.05) is 81.4 Å². The number of nitrogens with zero attached hydrogens (tertiary/aromatic N) is 2. The molecule has 46 heavy (non-hydrogen) atoms. The topological polar surface area (TPSA) is 86.8 Å². The molecule has 1 saturated carbocycles. The number of benzene rings is 4. The lowest BCUT2D eigenvalue weighted by Crippen LogP contribution is -2.54. The monoisotopic (exact) mass is 637 g/mol. The van der Waals surface area contributed by atoms with Crippen molar-refractivity contribution in [2.24, 2.45) is 0 Å². The third-order valence-corrected chi connectivity index (χ3v) is 10.8. The van der Waals surface area contributed by atoms with Crippen LogP contribution in [-0.4, -0.2) is 43.8 Å². The molecule has 0 saturated heterocycles. The number of nitrogens with one attached hydrogen (secondary N) is 1. The number of rotatable bonds is 12. The molecular weight excluding hydrogens is 595 g/mol. The highest BCUT2D eigenvalue weighted by atomic mass is 32.2. The summed E-state index contributed by atoms with van der Waals surface area (Å²) in [7, 11) is -4.14. The molecule has 1 aliphatic rings. The molecule has 0 spiro atoms. The molecule has 0 heterocycles. The van der Waals surface area contributed by atoms with Gasteiger partial charge in [0.15, 0.2) is 0 Å². The first-order valence-corrected chi connectivity index (χ1v) is 17.4. The minimum absolute atomic E-state index is 0.0612. The summed E-state index contributed by atoms with van der Waals surface area (Å²) in [5.41, 5.74) is 4.90. The number of amides is 2. The van der Waals surface area contributed by atoms with Gasteiger partial charge in [-0.2, -0.15) is 0 Å². The SMILES string of the molecule is Cc1ccccc1CN(C(=O)CN(c1cccc(C)c1C)S(=O)(=O)c1ccccc1)C(Cc1ccccc1)C(=O)NC1CCCC1. The van der Waals surface area contributed by atoms with Gasteiger partial charge in [0.25, 0.3) is 10.0 Å². The van der Waals surface area contributed by atoms with Crippen molar-refractivity contribution >= 4 is 27.5 Å². The Hall–Kier alpha value is -4.43. The summed E-state index contributed by atoms with van der Waals surface area (Å²) in [6.45, 7) is 5.45. The van der Waals surface area contributed by atoms with Gasteiger partial charge in [-0.15, -0.1) is 0 Å². The van der Waals surface area contributed by atoms with Crippen molar-refractivity contribution in [2.75, 3.05) is 10.8 Å². The lowest BCUT2D eigenvalue weighted by atomic mass is 10.0. The van der Waals surface area contributed by atoms with E-state index in [4.69, 9.17) is 0 Å². The van der Waals surface area contributed by atoms with E-state index in [1.54, 1.807) is 35.2 Å². The number of hydrogen-bond acceptors (Lipinski definition) is 4. The van der Waals surface area contributed by atoms with Crippen LogP contribution in [0.4, 0.5) is 5.69 Å². The summed E-state index contributed by atoms with van der Waals surface area (Å²) in [5, 5.41) is 3.23. The molecule has 0 radical (unpaired) electrons. The van der Waals surface area contributed by atoms with Gasteiger partial charge in [-0.25, -0.2) is 8.42 Å². The van der Waals surface area contributed by atoms with Crippen LogP contribution in [0.5, 0.6) is 0 Å². The fraction of sp³-hybridized carbons (Fsp3) is 0.316. The smallest absolute Gasteiger partial charge is 0.264 e. The third-order valence-electron chi connectivity index (χ3n) is 9.03. The predicted molar refractivity (Wildman–Crippen MR) is 183 cm³/mol. The molecule has 1 unspecified atom stereocenters. The normalized spacial score (nSPS) is 14.1. The standard InChI is InChI=1S/C38H43N3O4S/c1-28-16-14-24-35(30(28)3)41(46(44,45)34-22-8-5-9-23-34)27-37(42)40(26-32-19-11-10-15-29(32)2)36(25-31-17-6-4-7-18-31)38(43)39-33-20-12-13-21-33/h4-11,14-19,22-24,33,36H,12-13,20-21,25-27H2,1-3H3,(H,39,43). The quantitative estimate of drug-likeness (QED) is 0.192. The van der Waals surface area contributed by atoms with Gasteiger partial charge in [-0.05, 0) is 79.6 Å². The zero-order valence-electron chi connectivity index (χ0n) is 26.9. The number of aryl methyl sites for hydroxylation is 2. The minimum atomic E-state index is -4.14. The zero-order valence-corrected chi connectivity index (χ0v) is 27.7. The van der Waals surface area contributed by atoms with Crippen LogP contribution in [-0.2, 0) is 32.6 Å². The molecule has 0 aliphatic heterocycles. The van der Waals surface area contributed by atoms with Crippen molar-refractivity contribution in [3.63, 3.8) is 0 Å². The summed E-state index contributed by atoms with van der Waals surface area (Å²) in [6.07, 6.45) is 4.23. The van der Waals surface area contributed by atoms with Gasteiger partial charge < -0.3 is 10.2 Å². The molecule has 4 aromatic rings. The fourth-order valence-corrected chi connectivity index (χ4v) is 7.62. The van der Waals surface area contributed by atoms with Crippen molar-refractivity contribution < 1.29 is 18.0 Å². The largest absolute Gasteiger partial charge is 0.352 e. The maximum Gasteiger partial charge on any atom is 0.264 e. The number of carbonyl (C=O) groups excluding carboxylic acids is 2. The fourth-order valence-electron chi connectivity index (χ4n) is 6.13. The van der Waals surface area contributed by atoms with Gasteiger partial charge >= 0.3 is 0 Å². The molecule has 1 N–H and O–H groups in total. The Morgan fingerprint density at radius 3 is 2.07 bits per heavy atom. The molecule has 0 aromatic heterocycles. The maximum atomic E-state index is 14.7. The van der Waals surface area contributed by atoms with Crippen molar-refractivity contribution in [2.45, 2.75) is 76.4 Å². The van der Waals surface area contributed by atoms with Crippen LogP contribution < -0.4 is 9.62 Å². The molecule has 0 bridgehead atoms. The van der Waals surface area contributed by atoms with E-state index in [9.17, 15) is 18.0 Å². The van der Waals surface area contributed by atoms with Crippen LogP contribution in [0.25, 0.3) is 0 Å². The lowest BCUT2D eigenvalue weighted by molar-refractivity contribution is -0.140. The van der Waals surface area contributed by atoms with Crippen molar-refractivity contribution in [1.82, 2.24) is 10.2 Å². The Bertz CT molecular complexity index is 1750. The van der Waals surface area contributed by atoms with Crippen molar-refractivity contribution in [3.05, 3.63) is 131 Å². The van der Waals surface area contributed by atoms with Crippen molar-refractivity contribution in [3.8, 4) is 0 Å². The van der Waals surface area contributed by atoms with Crippen LogP contribution in [0.3, 0.4) is 0 Å². The van der Waals surface area contributed by atoms with Crippen molar-refractivity contribution in [1.29, 1.82) is 0 Å². The van der Waals surface area contributed by atoms with E-state index in [1.165, 1.54) is 16.4 Å². The van der Waals surface area contributed by atoms with Gasteiger partial charge in [0.05, 0.1) is 10.6 Å². The van der Waals surface area contributed by atoms with E-state index >= 15 is 0 Å². The first kappa shape index (κ1) is 32.9. The second-order valence-electron chi connectivity index (χ2n) is 12.2.